The predicted molar refractivity (Wildman–Crippen MR) is 95.5 cm³/mol. The fraction of sp³-hybridized carbons (Fsp3) is 0.471. The summed E-state index contributed by atoms with van der Waals surface area (Å²) in [5.41, 5.74) is 0.561. The minimum Gasteiger partial charge on any atom is -0.484 e. The molecule has 0 saturated carbocycles. The molecule has 2 aromatic heterocycles. The molecule has 0 radical (unpaired) electrons. The highest BCUT2D eigenvalue weighted by atomic mass is 32.2. The summed E-state index contributed by atoms with van der Waals surface area (Å²) >= 11 is 0. The molecule has 11 heteroatoms. The van der Waals surface area contributed by atoms with E-state index in [2.05, 4.69) is 10.1 Å². The highest BCUT2D eigenvalue weighted by Gasteiger charge is 2.32. The van der Waals surface area contributed by atoms with Crippen molar-refractivity contribution >= 4 is 16.1 Å². The Bertz CT molecular complexity index is 1020. The molecule has 10 nitrogen and oxygen atoms in total. The Morgan fingerprint density at radius 1 is 1.21 bits per heavy atom. The molecule has 4 heterocycles. The number of ether oxygens (including phenoxy) is 3. The zero-order valence-electron chi connectivity index (χ0n) is 15.7. The average Bonchev–Trinajstić information content (AvgIpc) is 3.19. The summed E-state index contributed by atoms with van der Waals surface area (Å²) in [5.74, 6) is 0.546. The Kier molecular flexibility index (Phi) is 4.21. The monoisotopic (exact) mass is 408 g/mol. The first-order valence-electron chi connectivity index (χ1n) is 8.70. The topological polar surface area (TPSA) is 113 Å². The van der Waals surface area contributed by atoms with Crippen LogP contribution in [0.3, 0.4) is 0 Å². The molecule has 0 fully saturated rings. The molecule has 1 amide bonds. The third-order valence-corrected chi connectivity index (χ3v) is 5.63. The van der Waals surface area contributed by atoms with Crippen molar-refractivity contribution in [3.05, 3.63) is 29.7 Å². The molecule has 4 rings (SSSR count). The van der Waals surface area contributed by atoms with E-state index in [0.717, 1.165) is 4.09 Å². The zero-order chi connectivity index (χ0) is 20.1. The normalized spacial score (nSPS) is 16.0. The van der Waals surface area contributed by atoms with E-state index in [4.69, 9.17) is 14.2 Å². The number of aromatic nitrogens is 3. The molecule has 0 atom stereocenters. The van der Waals surface area contributed by atoms with Gasteiger partial charge in [0.25, 0.3) is 15.9 Å². The molecular weight excluding hydrogens is 388 g/mol. The lowest BCUT2D eigenvalue weighted by Gasteiger charge is -2.24. The SMILES string of the molecule is CC(C)(C)OC(=O)N1Cc2cn(S(=O)(=O)c3cnc4c(c3)OCCO4)nc2C1. The van der Waals surface area contributed by atoms with Crippen LogP contribution in [0.5, 0.6) is 11.6 Å². The van der Waals surface area contributed by atoms with Gasteiger partial charge in [-0.3, -0.25) is 4.90 Å². The van der Waals surface area contributed by atoms with Gasteiger partial charge < -0.3 is 14.2 Å². The van der Waals surface area contributed by atoms with Crippen LogP contribution in [-0.2, 0) is 27.8 Å². The minimum atomic E-state index is -3.94. The Balaban J connectivity index is 1.55. The van der Waals surface area contributed by atoms with Crippen LogP contribution in [0.2, 0.25) is 0 Å². The largest absolute Gasteiger partial charge is 0.484 e. The fourth-order valence-electron chi connectivity index (χ4n) is 2.87. The van der Waals surface area contributed by atoms with E-state index in [1.54, 1.807) is 20.8 Å². The van der Waals surface area contributed by atoms with E-state index in [9.17, 15) is 13.2 Å². The summed E-state index contributed by atoms with van der Waals surface area (Å²) in [6.07, 6.45) is 2.16. The predicted octanol–water partition coefficient (Wildman–Crippen LogP) is 1.54. The quantitative estimate of drug-likeness (QED) is 0.735. The molecule has 0 unspecified atom stereocenters. The van der Waals surface area contributed by atoms with Crippen LogP contribution in [0.4, 0.5) is 4.79 Å². The van der Waals surface area contributed by atoms with Crippen LogP contribution >= 0.6 is 0 Å². The lowest BCUT2D eigenvalue weighted by molar-refractivity contribution is 0.0239. The lowest BCUT2D eigenvalue weighted by Crippen LogP contribution is -2.33. The van der Waals surface area contributed by atoms with Crippen molar-refractivity contribution in [2.24, 2.45) is 0 Å². The third kappa shape index (κ3) is 3.37. The first kappa shape index (κ1) is 18.5. The molecule has 2 aromatic rings. The highest BCUT2D eigenvalue weighted by molar-refractivity contribution is 7.89. The van der Waals surface area contributed by atoms with E-state index in [0.29, 0.717) is 24.5 Å². The molecule has 2 aliphatic heterocycles. The maximum absolute atomic E-state index is 12.9. The van der Waals surface area contributed by atoms with Gasteiger partial charge in [0.2, 0.25) is 0 Å². The number of carbonyl (C=O) groups is 1. The average molecular weight is 408 g/mol. The molecule has 150 valence electrons. The number of nitrogens with zero attached hydrogens (tertiary/aromatic N) is 4. The van der Waals surface area contributed by atoms with Crippen LogP contribution in [-0.4, -0.2) is 52.4 Å². The number of fused-ring (bicyclic) bond motifs is 2. The van der Waals surface area contributed by atoms with Gasteiger partial charge >= 0.3 is 6.09 Å². The Labute approximate surface area is 162 Å². The second kappa shape index (κ2) is 6.36. The number of carbonyl (C=O) groups excluding carboxylic acids is 1. The van der Waals surface area contributed by atoms with Crippen molar-refractivity contribution in [3.63, 3.8) is 0 Å². The highest BCUT2D eigenvalue weighted by Crippen LogP contribution is 2.31. The molecule has 0 aliphatic carbocycles. The molecule has 0 spiro atoms. The standard InChI is InChI=1S/C17H20N4O6S/c1-17(2,3)27-16(22)20-8-11-9-21(19-13(11)10-20)28(23,24)12-6-14-15(18-7-12)26-5-4-25-14/h6-7,9H,4-5,8,10H2,1-3H3. The Morgan fingerprint density at radius 3 is 2.68 bits per heavy atom. The smallest absolute Gasteiger partial charge is 0.410 e. The summed E-state index contributed by atoms with van der Waals surface area (Å²) in [6, 6.07) is 1.37. The van der Waals surface area contributed by atoms with Crippen LogP contribution < -0.4 is 9.47 Å². The number of hydrogen-bond acceptors (Lipinski definition) is 8. The third-order valence-electron chi connectivity index (χ3n) is 4.13. The zero-order valence-corrected chi connectivity index (χ0v) is 16.5. The Hall–Kier alpha value is -2.82. The molecular formula is C17H20N4O6S. The van der Waals surface area contributed by atoms with Crippen molar-refractivity contribution in [2.45, 2.75) is 44.4 Å². The van der Waals surface area contributed by atoms with Gasteiger partial charge in [-0.2, -0.15) is 17.6 Å². The van der Waals surface area contributed by atoms with Crippen molar-refractivity contribution in [2.75, 3.05) is 13.2 Å². The summed E-state index contributed by atoms with van der Waals surface area (Å²) in [5, 5.41) is 4.16. The second-order valence-corrected chi connectivity index (χ2v) is 9.28. The number of pyridine rings is 1. The Morgan fingerprint density at radius 2 is 1.96 bits per heavy atom. The van der Waals surface area contributed by atoms with E-state index in [-0.39, 0.29) is 29.6 Å². The molecule has 28 heavy (non-hydrogen) atoms. The molecule has 2 aliphatic rings. The fourth-order valence-corrected chi connectivity index (χ4v) is 4.00. The van der Waals surface area contributed by atoms with Gasteiger partial charge in [-0.25, -0.2) is 9.78 Å². The number of hydrogen-bond donors (Lipinski definition) is 0. The molecule has 0 N–H and O–H groups in total. The minimum absolute atomic E-state index is 0.0538. The first-order valence-corrected chi connectivity index (χ1v) is 10.1. The van der Waals surface area contributed by atoms with Crippen molar-refractivity contribution in [3.8, 4) is 11.6 Å². The van der Waals surface area contributed by atoms with Crippen LogP contribution in [0, 0.1) is 0 Å². The maximum atomic E-state index is 12.9. The maximum Gasteiger partial charge on any atom is 0.410 e. The van der Waals surface area contributed by atoms with Gasteiger partial charge in [0.15, 0.2) is 5.75 Å². The van der Waals surface area contributed by atoms with Gasteiger partial charge in [0, 0.05) is 17.8 Å². The summed E-state index contributed by atoms with van der Waals surface area (Å²) in [4.78, 5) is 17.6. The van der Waals surface area contributed by atoms with Crippen LogP contribution in [0.25, 0.3) is 0 Å². The number of rotatable bonds is 2. The number of amides is 1. The van der Waals surface area contributed by atoms with E-state index >= 15 is 0 Å². The van der Waals surface area contributed by atoms with Gasteiger partial charge in [-0.1, -0.05) is 0 Å². The molecule has 0 bridgehead atoms. The van der Waals surface area contributed by atoms with Gasteiger partial charge in [-0.05, 0) is 20.8 Å². The molecule has 0 aromatic carbocycles. The summed E-state index contributed by atoms with van der Waals surface area (Å²) < 4.78 is 42.7. The van der Waals surface area contributed by atoms with Crippen LogP contribution in [0.15, 0.2) is 23.4 Å². The van der Waals surface area contributed by atoms with E-state index in [1.165, 1.54) is 23.4 Å². The van der Waals surface area contributed by atoms with Gasteiger partial charge in [-0.15, -0.1) is 0 Å². The van der Waals surface area contributed by atoms with Crippen molar-refractivity contribution in [1.29, 1.82) is 0 Å². The van der Waals surface area contributed by atoms with Crippen LogP contribution in [0.1, 0.15) is 32.0 Å². The summed E-state index contributed by atoms with van der Waals surface area (Å²) in [6.45, 7) is 6.48. The molecule has 0 saturated heterocycles. The van der Waals surface area contributed by atoms with Crippen molar-refractivity contribution in [1.82, 2.24) is 19.1 Å². The van der Waals surface area contributed by atoms with Crippen molar-refractivity contribution < 1.29 is 27.4 Å². The lowest BCUT2D eigenvalue weighted by atomic mass is 10.2. The van der Waals surface area contributed by atoms with E-state index in [1.807, 2.05) is 0 Å². The van der Waals surface area contributed by atoms with Gasteiger partial charge in [0.05, 0.1) is 25.0 Å². The summed E-state index contributed by atoms with van der Waals surface area (Å²) in [7, 11) is -3.94. The van der Waals surface area contributed by atoms with Gasteiger partial charge in [0.1, 0.15) is 23.7 Å². The van der Waals surface area contributed by atoms with E-state index < -0.39 is 21.7 Å². The first-order chi connectivity index (χ1) is 13.1. The second-order valence-electron chi connectivity index (χ2n) is 7.49.